The first-order chi connectivity index (χ1) is 10.6. The van der Waals surface area contributed by atoms with E-state index in [-0.39, 0.29) is 5.91 Å². The van der Waals surface area contributed by atoms with Crippen LogP contribution in [0.2, 0.25) is 0 Å². The van der Waals surface area contributed by atoms with Gasteiger partial charge in [-0.25, -0.2) is 4.79 Å². The van der Waals surface area contributed by atoms with Gasteiger partial charge in [-0.15, -0.1) is 17.9 Å². The van der Waals surface area contributed by atoms with E-state index in [9.17, 15) is 14.7 Å². The molecule has 1 aromatic heterocycles. The summed E-state index contributed by atoms with van der Waals surface area (Å²) in [5.74, 6) is -1.11. The van der Waals surface area contributed by atoms with Crippen molar-refractivity contribution in [3.05, 3.63) is 35.0 Å². The van der Waals surface area contributed by atoms with Crippen molar-refractivity contribution in [1.82, 2.24) is 5.32 Å². The fraction of sp³-hybridized carbons (Fsp3) is 0.529. The third kappa shape index (κ3) is 3.58. The van der Waals surface area contributed by atoms with Gasteiger partial charge in [-0.2, -0.15) is 0 Å². The van der Waals surface area contributed by atoms with Crippen LogP contribution in [0.5, 0.6) is 0 Å². The second-order valence-electron chi connectivity index (χ2n) is 5.85. The number of hydrogen-bond donors (Lipinski definition) is 2. The molecule has 120 valence electrons. The molecule has 1 aliphatic carbocycles. The largest absolute Gasteiger partial charge is 0.480 e. The first-order valence-electron chi connectivity index (χ1n) is 7.79. The molecular weight excluding hydrogens is 298 g/mol. The van der Waals surface area contributed by atoms with Gasteiger partial charge in [-0.05, 0) is 37.1 Å². The van der Waals surface area contributed by atoms with Crippen molar-refractivity contribution in [2.45, 2.75) is 56.4 Å². The van der Waals surface area contributed by atoms with Crippen molar-refractivity contribution in [3.8, 4) is 0 Å². The van der Waals surface area contributed by atoms with E-state index >= 15 is 0 Å². The molecule has 2 N–H and O–H groups in total. The van der Waals surface area contributed by atoms with Crippen LogP contribution in [0.15, 0.2) is 30.2 Å². The maximum absolute atomic E-state index is 12.9. The number of carbonyl (C=O) groups is 2. The monoisotopic (exact) mass is 321 g/mol. The van der Waals surface area contributed by atoms with Gasteiger partial charge in [0.15, 0.2) is 0 Å². The van der Waals surface area contributed by atoms with Crippen molar-refractivity contribution in [3.63, 3.8) is 0 Å². The fourth-order valence-electron chi connectivity index (χ4n) is 3.13. The summed E-state index contributed by atoms with van der Waals surface area (Å²) in [6, 6.07) is 3.11. The van der Waals surface area contributed by atoms with Crippen molar-refractivity contribution in [1.29, 1.82) is 0 Å². The molecule has 0 spiro atoms. The van der Waals surface area contributed by atoms with Gasteiger partial charge in [0.2, 0.25) is 5.91 Å². The second kappa shape index (κ2) is 7.58. The highest BCUT2D eigenvalue weighted by Crippen LogP contribution is 2.41. The van der Waals surface area contributed by atoms with Crippen LogP contribution in [0.3, 0.4) is 0 Å². The van der Waals surface area contributed by atoms with Crippen LogP contribution in [0.1, 0.15) is 49.8 Å². The van der Waals surface area contributed by atoms with Crippen LogP contribution in [-0.4, -0.2) is 23.0 Å². The molecule has 5 heteroatoms. The second-order valence-corrected chi connectivity index (χ2v) is 6.80. The Balaban J connectivity index is 2.18. The maximum Gasteiger partial charge on any atom is 0.326 e. The Morgan fingerprint density at radius 2 is 2.14 bits per heavy atom. The van der Waals surface area contributed by atoms with Crippen molar-refractivity contribution >= 4 is 23.2 Å². The van der Waals surface area contributed by atoms with E-state index in [1.165, 1.54) is 0 Å². The van der Waals surface area contributed by atoms with Crippen molar-refractivity contribution < 1.29 is 14.7 Å². The number of carboxylic acids is 1. The van der Waals surface area contributed by atoms with Crippen LogP contribution in [0.25, 0.3) is 0 Å². The fourth-order valence-corrected chi connectivity index (χ4v) is 4.11. The summed E-state index contributed by atoms with van der Waals surface area (Å²) in [6.07, 6.45) is 7.39. The molecule has 0 saturated heterocycles. The highest BCUT2D eigenvalue weighted by Gasteiger charge is 2.43. The Morgan fingerprint density at radius 1 is 1.41 bits per heavy atom. The molecule has 22 heavy (non-hydrogen) atoms. The minimum Gasteiger partial charge on any atom is -0.480 e. The average Bonchev–Trinajstić information content (AvgIpc) is 3.06. The highest BCUT2D eigenvalue weighted by atomic mass is 32.1. The zero-order valence-corrected chi connectivity index (χ0v) is 13.5. The van der Waals surface area contributed by atoms with Gasteiger partial charge in [-0.1, -0.05) is 31.4 Å². The summed E-state index contributed by atoms with van der Waals surface area (Å²) in [5.41, 5.74) is -0.547. The summed E-state index contributed by atoms with van der Waals surface area (Å²) >= 11 is 1.59. The van der Waals surface area contributed by atoms with E-state index in [1.54, 1.807) is 17.4 Å². The lowest BCUT2D eigenvalue weighted by Crippen LogP contribution is -2.51. The number of carboxylic acid groups (broad SMARTS) is 1. The highest BCUT2D eigenvalue weighted by molar-refractivity contribution is 7.10. The van der Waals surface area contributed by atoms with Gasteiger partial charge in [0.05, 0.1) is 5.41 Å². The molecule has 0 bridgehead atoms. The summed E-state index contributed by atoms with van der Waals surface area (Å²) in [5, 5.41) is 14.1. The number of carbonyl (C=O) groups excluding carboxylic acids is 1. The molecule has 1 unspecified atom stereocenters. The number of hydrogen-bond acceptors (Lipinski definition) is 3. The minimum atomic E-state index is -0.979. The average molecular weight is 321 g/mol. The third-order valence-corrected chi connectivity index (χ3v) is 5.47. The van der Waals surface area contributed by atoms with Gasteiger partial charge in [0, 0.05) is 4.88 Å². The standard InChI is InChI=1S/C17H23NO3S/c1-2-3-8-13(15(19)20)18-16(21)17(10-5-4-6-11-17)14-9-7-12-22-14/h2,7,9,12-13H,1,3-6,8,10-11H2,(H,18,21)(H,19,20). The number of allylic oxidation sites excluding steroid dienone is 1. The minimum absolute atomic E-state index is 0.133. The van der Waals surface area contributed by atoms with E-state index in [4.69, 9.17) is 0 Å². The van der Waals surface area contributed by atoms with Crippen LogP contribution in [0.4, 0.5) is 0 Å². The molecule has 1 heterocycles. The Kier molecular flexibility index (Phi) is 5.77. The first-order valence-corrected chi connectivity index (χ1v) is 8.67. The molecular formula is C17H23NO3S. The molecule has 1 amide bonds. The van der Waals surface area contributed by atoms with E-state index in [2.05, 4.69) is 11.9 Å². The number of rotatable bonds is 7. The zero-order valence-electron chi connectivity index (χ0n) is 12.7. The van der Waals surface area contributed by atoms with Gasteiger partial charge < -0.3 is 10.4 Å². The van der Waals surface area contributed by atoms with Gasteiger partial charge in [-0.3, -0.25) is 4.79 Å². The molecule has 1 aromatic rings. The molecule has 0 radical (unpaired) electrons. The molecule has 2 rings (SSSR count). The Bertz CT molecular complexity index is 518. The number of aliphatic carboxylic acids is 1. The lowest BCUT2D eigenvalue weighted by Gasteiger charge is -2.36. The molecule has 1 saturated carbocycles. The Hall–Kier alpha value is -1.62. The zero-order chi connectivity index (χ0) is 16.0. The topological polar surface area (TPSA) is 66.4 Å². The molecule has 1 fully saturated rings. The van der Waals surface area contributed by atoms with E-state index < -0.39 is 17.4 Å². The van der Waals surface area contributed by atoms with Crippen LogP contribution >= 0.6 is 11.3 Å². The van der Waals surface area contributed by atoms with E-state index in [1.807, 2.05) is 17.5 Å². The molecule has 1 aliphatic rings. The molecule has 0 aliphatic heterocycles. The van der Waals surface area contributed by atoms with E-state index in [0.717, 1.165) is 37.0 Å². The molecule has 1 atom stereocenters. The Morgan fingerprint density at radius 3 is 2.68 bits per heavy atom. The summed E-state index contributed by atoms with van der Waals surface area (Å²) in [4.78, 5) is 25.3. The summed E-state index contributed by atoms with van der Waals surface area (Å²) in [6.45, 7) is 3.61. The number of thiophene rings is 1. The Labute approximate surface area is 135 Å². The van der Waals surface area contributed by atoms with Crippen molar-refractivity contribution in [2.75, 3.05) is 0 Å². The van der Waals surface area contributed by atoms with Crippen LogP contribution < -0.4 is 5.32 Å². The van der Waals surface area contributed by atoms with Gasteiger partial charge in [0.1, 0.15) is 6.04 Å². The smallest absolute Gasteiger partial charge is 0.326 e. The van der Waals surface area contributed by atoms with Crippen LogP contribution in [0, 0.1) is 0 Å². The summed E-state index contributed by atoms with van der Waals surface area (Å²) in [7, 11) is 0. The predicted octanol–water partition coefficient (Wildman–Crippen LogP) is 3.49. The number of amides is 1. The van der Waals surface area contributed by atoms with Gasteiger partial charge >= 0.3 is 5.97 Å². The number of nitrogens with one attached hydrogen (secondary N) is 1. The normalized spacial score (nSPS) is 18.4. The lowest BCUT2D eigenvalue weighted by molar-refractivity contribution is -0.143. The molecule has 0 aromatic carbocycles. The molecule has 4 nitrogen and oxygen atoms in total. The van der Waals surface area contributed by atoms with Crippen molar-refractivity contribution in [2.24, 2.45) is 0 Å². The maximum atomic E-state index is 12.9. The SMILES string of the molecule is C=CCCC(NC(=O)C1(c2cccs2)CCCCC1)C(=O)O. The quantitative estimate of drug-likeness (QED) is 0.756. The summed E-state index contributed by atoms with van der Waals surface area (Å²) < 4.78 is 0. The van der Waals surface area contributed by atoms with Crippen LogP contribution in [-0.2, 0) is 15.0 Å². The third-order valence-electron chi connectivity index (χ3n) is 4.40. The lowest BCUT2D eigenvalue weighted by atomic mass is 9.72. The van der Waals surface area contributed by atoms with E-state index in [0.29, 0.717) is 12.8 Å². The van der Waals surface area contributed by atoms with Gasteiger partial charge in [0.25, 0.3) is 0 Å². The predicted molar refractivity (Wildman–Crippen MR) is 88.1 cm³/mol. The first kappa shape index (κ1) is 16.7.